The topological polar surface area (TPSA) is 97.1 Å². The van der Waals surface area contributed by atoms with Crippen LogP contribution in [0.15, 0.2) is 58.1 Å². The number of sulfonamides is 1. The van der Waals surface area contributed by atoms with Crippen molar-refractivity contribution in [3.63, 3.8) is 0 Å². The van der Waals surface area contributed by atoms with Gasteiger partial charge in [0.05, 0.1) is 16.8 Å². The minimum atomic E-state index is -3.68. The molecule has 27 heavy (non-hydrogen) atoms. The molecule has 2 aromatic heterocycles. The molecule has 0 aliphatic carbocycles. The third kappa shape index (κ3) is 4.65. The number of aryl methyl sites for hydroxylation is 1. The van der Waals surface area contributed by atoms with E-state index in [9.17, 15) is 8.42 Å². The molecule has 0 fully saturated rings. The summed E-state index contributed by atoms with van der Waals surface area (Å²) in [5.41, 5.74) is 1.41. The van der Waals surface area contributed by atoms with Crippen LogP contribution in [0.25, 0.3) is 0 Å². The van der Waals surface area contributed by atoms with Crippen LogP contribution in [0.3, 0.4) is 0 Å². The highest BCUT2D eigenvalue weighted by Crippen LogP contribution is 2.24. The molecule has 8 heteroatoms. The van der Waals surface area contributed by atoms with Crippen molar-refractivity contribution in [2.45, 2.75) is 38.0 Å². The van der Waals surface area contributed by atoms with Gasteiger partial charge in [-0.3, -0.25) is 4.72 Å². The Balaban J connectivity index is 1.72. The molecule has 0 unspecified atom stereocenters. The molecule has 0 radical (unpaired) electrons. The monoisotopic (exact) mass is 386 g/mol. The predicted molar refractivity (Wildman–Crippen MR) is 105 cm³/mol. The average Bonchev–Trinajstić information content (AvgIpc) is 3.01. The van der Waals surface area contributed by atoms with Crippen molar-refractivity contribution in [2.75, 3.05) is 10.0 Å². The summed E-state index contributed by atoms with van der Waals surface area (Å²) in [6, 6.07) is 11.9. The summed E-state index contributed by atoms with van der Waals surface area (Å²) >= 11 is 0. The fraction of sp³-hybridized carbons (Fsp3) is 0.263. The zero-order chi connectivity index (χ0) is 19.7. The highest BCUT2D eigenvalue weighted by molar-refractivity contribution is 7.92. The SMILES string of the molecule is Cc1cc(Nc2ccc(NS(=O)(=O)c3ccc(C(C)(C)C)cc3)cn2)no1. The number of nitrogens with one attached hydrogen (secondary N) is 2. The largest absolute Gasteiger partial charge is 0.360 e. The maximum absolute atomic E-state index is 12.6. The molecule has 0 bridgehead atoms. The van der Waals surface area contributed by atoms with Crippen molar-refractivity contribution in [3.8, 4) is 0 Å². The third-order valence-electron chi connectivity index (χ3n) is 3.93. The average molecular weight is 386 g/mol. The van der Waals surface area contributed by atoms with Crippen molar-refractivity contribution < 1.29 is 12.9 Å². The fourth-order valence-corrected chi connectivity index (χ4v) is 3.48. The van der Waals surface area contributed by atoms with Crippen molar-refractivity contribution in [3.05, 3.63) is 60.0 Å². The molecule has 0 spiro atoms. The number of hydrogen-bond acceptors (Lipinski definition) is 6. The van der Waals surface area contributed by atoms with Gasteiger partial charge in [0, 0.05) is 6.07 Å². The summed E-state index contributed by atoms with van der Waals surface area (Å²) in [7, 11) is -3.68. The van der Waals surface area contributed by atoms with Crippen molar-refractivity contribution in [2.24, 2.45) is 0 Å². The lowest BCUT2D eigenvalue weighted by atomic mass is 9.87. The van der Waals surface area contributed by atoms with Gasteiger partial charge in [-0.25, -0.2) is 13.4 Å². The number of rotatable bonds is 5. The van der Waals surface area contributed by atoms with E-state index in [-0.39, 0.29) is 10.3 Å². The molecule has 1 aromatic carbocycles. The lowest BCUT2D eigenvalue weighted by Gasteiger charge is -2.19. The van der Waals surface area contributed by atoms with Crippen molar-refractivity contribution in [1.29, 1.82) is 0 Å². The van der Waals surface area contributed by atoms with Gasteiger partial charge in [0.15, 0.2) is 5.82 Å². The van der Waals surface area contributed by atoms with Gasteiger partial charge < -0.3 is 9.84 Å². The van der Waals surface area contributed by atoms with E-state index >= 15 is 0 Å². The van der Waals surface area contributed by atoms with E-state index in [0.29, 0.717) is 23.1 Å². The van der Waals surface area contributed by atoms with Gasteiger partial charge in [-0.15, -0.1) is 0 Å². The molecule has 0 aliphatic heterocycles. The minimum Gasteiger partial charge on any atom is -0.360 e. The normalized spacial score (nSPS) is 12.0. The first-order valence-electron chi connectivity index (χ1n) is 8.43. The van der Waals surface area contributed by atoms with Crippen LogP contribution in [-0.2, 0) is 15.4 Å². The highest BCUT2D eigenvalue weighted by atomic mass is 32.2. The maximum Gasteiger partial charge on any atom is 0.261 e. The zero-order valence-electron chi connectivity index (χ0n) is 15.6. The summed E-state index contributed by atoms with van der Waals surface area (Å²) in [5.74, 6) is 1.74. The third-order valence-corrected chi connectivity index (χ3v) is 5.33. The molecule has 0 saturated heterocycles. The van der Waals surface area contributed by atoms with Gasteiger partial charge in [-0.05, 0) is 42.2 Å². The summed E-state index contributed by atoms with van der Waals surface area (Å²) in [5, 5.41) is 6.79. The Morgan fingerprint density at radius 3 is 2.22 bits per heavy atom. The molecule has 3 aromatic rings. The van der Waals surface area contributed by atoms with E-state index in [1.54, 1.807) is 37.3 Å². The predicted octanol–water partition coefficient (Wildman–Crippen LogP) is 4.22. The first-order valence-corrected chi connectivity index (χ1v) is 9.91. The zero-order valence-corrected chi connectivity index (χ0v) is 16.5. The van der Waals surface area contributed by atoms with E-state index in [0.717, 1.165) is 5.56 Å². The Morgan fingerprint density at radius 1 is 1.00 bits per heavy atom. The number of hydrogen-bond donors (Lipinski definition) is 2. The van der Waals surface area contributed by atoms with Crippen LogP contribution in [0.2, 0.25) is 0 Å². The molecule has 142 valence electrons. The number of aromatic nitrogens is 2. The van der Waals surface area contributed by atoms with E-state index < -0.39 is 10.0 Å². The molecule has 3 rings (SSSR count). The smallest absolute Gasteiger partial charge is 0.261 e. The fourth-order valence-electron chi connectivity index (χ4n) is 2.43. The Labute approximate surface area is 158 Å². The van der Waals surface area contributed by atoms with Crippen LogP contribution in [0.5, 0.6) is 0 Å². The van der Waals surface area contributed by atoms with Gasteiger partial charge in [0.1, 0.15) is 11.6 Å². The number of benzene rings is 1. The summed E-state index contributed by atoms with van der Waals surface area (Å²) < 4.78 is 32.6. The molecular weight excluding hydrogens is 364 g/mol. The summed E-state index contributed by atoms with van der Waals surface area (Å²) in [6.07, 6.45) is 1.44. The lowest BCUT2D eigenvalue weighted by Crippen LogP contribution is -2.15. The molecule has 2 N–H and O–H groups in total. The van der Waals surface area contributed by atoms with Crippen molar-refractivity contribution >= 4 is 27.3 Å². The van der Waals surface area contributed by atoms with Gasteiger partial charge in [0.2, 0.25) is 0 Å². The second-order valence-corrected chi connectivity index (χ2v) is 8.94. The van der Waals surface area contributed by atoms with E-state index in [2.05, 4.69) is 41.0 Å². The molecule has 0 aliphatic rings. The molecule has 0 saturated carbocycles. The Kier molecular flexibility index (Phi) is 4.93. The second-order valence-electron chi connectivity index (χ2n) is 7.26. The van der Waals surface area contributed by atoms with Crippen LogP contribution in [0.1, 0.15) is 32.1 Å². The first kappa shape index (κ1) is 18.9. The number of anilines is 3. The van der Waals surface area contributed by atoms with Gasteiger partial charge >= 0.3 is 0 Å². The van der Waals surface area contributed by atoms with E-state index in [4.69, 9.17) is 4.52 Å². The summed E-state index contributed by atoms with van der Waals surface area (Å²) in [6.45, 7) is 8.03. The number of nitrogens with zero attached hydrogens (tertiary/aromatic N) is 2. The minimum absolute atomic E-state index is 0.0368. The maximum atomic E-state index is 12.6. The number of pyridine rings is 1. The van der Waals surface area contributed by atoms with Crippen LogP contribution < -0.4 is 10.0 Å². The van der Waals surface area contributed by atoms with E-state index in [1.807, 2.05) is 12.1 Å². The lowest BCUT2D eigenvalue weighted by molar-refractivity contribution is 0.400. The Hall–Kier alpha value is -2.87. The Morgan fingerprint density at radius 2 is 1.70 bits per heavy atom. The first-order chi connectivity index (χ1) is 12.6. The second kappa shape index (κ2) is 7.03. The van der Waals surface area contributed by atoms with Gasteiger partial charge in [-0.1, -0.05) is 38.1 Å². The van der Waals surface area contributed by atoms with Crippen LogP contribution in [0, 0.1) is 6.92 Å². The Bertz CT molecular complexity index is 1020. The van der Waals surface area contributed by atoms with Crippen LogP contribution >= 0.6 is 0 Å². The van der Waals surface area contributed by atoms with Crippen LogP contribution in [-0.4, -0.2) is 18.6 Å². The van der Waals surface area contributed by atoms with E-state index in [1.165, 1.54) is 6.20 Å². The molecular formula is C19H22N4O3S. The highest BCUT2D eigenvalue weighted by Gasteiger charge is 2.18. The molecule has 0 amide bonds. The van der Waals surface area contributed by atoms with Gasteiger partial charge in [0.25, 0.3) is 10.0 Å². The standard InChI is InChI=1S/C19H22N4O3S/c1-13-11-18(22-26-13)21-17-10-7-15(12-20-17)23-27(24,25)16-8-5-14(6-9-16)19(2,3)4/h5-12,23H,1-4H3,(H,20,21,22). The van der Waals surface area contributed by atoms with Crippen molar-refractivity contribution in [1.82, 2.24) is 10.1 Å². The molecule has 2 heterocycles. The molecule has 0 atom stereocenters. The molecule has 7 nitrogen and oxygen atoms in total. The summed E-state index contributed by atoms with van der Waals surface area (Å²) in [4.78, 5) is 4.39. The van der Waals surface area contributed by atoms with Crippen LogP contribution in [0.4, 0.5) is 17.3 Å². The quantitative estimate of drug-likeness (QED) is 0.681. The van der Waals surface area contributed by atoms with Gasteiger partial charge in [-0.2, -0.15) is 0 Å².